The molecular formula is C16H23N3OS. The van der Waals surface area contributed by atoms with E-state index >= 15 is 0 Å². The average molecular weight is 305 g/mol. The van der Waals surface area contributed by atoms with Crippen molar-refractivity contribution in [1.82, 2.24) is 15.2 Å². The summed E-state index contributed by atoms with van der Waals surface area (Å²) in [4.78, 5) is 6.58. The van der Waals surface area contributed by atoms with Gasteiger partial charge in [-0.25, -0.2) is 4.98 Å². The molecule has 1 heterocycles. The van der Waals surface area contributed by atoms with Gasteiger partial charge in [-0.15, -0.1) is 11.3 Å². The summed E-state index contributed by atoms with van der Waals surface area (Å²) < 4.78 is 5.32. The van der Waals surface area contributed by atoms with Crippen molar-refractivity contribution < 1.29 is 4.74 Å². The molecule has 1 N–H and O–H groups in total. The van der Waals surface area contributed by atoms with Crippen LogP contribution in [-0.2, 0) is 0 Å². The van der Waals surface area contributed by atoms with Crippen LogP contribution < -0.4 is 10.1 Å². The Kier molecular flexibility index (Phi) is 5.73. The van der Waals surface area contributed by atoms with E-state index < -0.39 is 0 Å². The van der Waals surface area contributed by atoms with Crippen molar-refractivity contribution in [3.8, 4) is 5.75 Å². The molecule has 2 atom stereocenters. The molecule has 1 aromatic heterocycles. The first-order valence-electron chi connectivity index (χ1n) is 7.05. The van der Waals surface area contributed by atoms with Crippen molar-refractivity contribution in [2.45, 2.75) is 19.0 Å². The first kappa shape index (κ1) is 15.9. The van der Waals surface area contributed by atoms with Crippen molar-refractivity contribution in [3.63, 3.8) is 0 Å². The molecule has 2 aromatic rings. The lowest BCUT2D eigenvalue weighted by Gasteiger charge is -2.26. The number of nitrogens with one attached hydrogen (secondary N) is 1. The van der Waals surface area contributed by atoms with Crippen LogP contribution in [0.2, 0.25) is 0 Å². The molecule has 2 unspecified atom stereocenters. The Morgan fingerprint density at radius 2 is 2.19 bits per heavy atom. The summed E-state index contributed by atoms with van der Waals surface area (Å²) in [5.74, 6) is 0.896. The number of methoxy groups -OCH3 is 1. The smallest absolute Gasteiger partial charge is 0.119 e. The number of aromatic nitrogens is 1. The van der Waals surface area contributed by atoms with Gasteiger partial charge in [0.2, 0.25) is 0 Å². The molecular weight excluding hydrogens is 282 g/mol. The summed E-state index contributed by atoms with van der Waals surface area (Å²) in [6.45, 7) is 3.01. The van der Waals surface area contributed by atoms with Crippen molar-refractivity contribution in [2.24, 2.45) is 0 Å². The van der Waals surface area contributed by atoms with Crippen LogP contribution in [-0.4, -0.2) is 37.6 Å². The van der Waals surface area contributed by atoms with Gasteiger partial charge in [0.15, 0.2) is 0 Å². The number of rotatable bonds is 7. The number of ether oxygens (including phenoxy) is 1. The molecule has 0 fully saturated rings. The van der Waals surface area contributed by atoms with E-state index in [-0.39, 0.29) is 6.04 Å². The first-order valence-corrected chi connectivity index (χ1v) is 7.93. The third-order valence-corrected chi connectivity index (χ3v) is 4.50. The molecule has 0 radical (unpaired) electrons. The Labute approximate surface area is 130 Å². The molecule has 0 amide bonds. The van der Waals surface area contributed by atoms with Crippen LogP contribution in [0.4, 0.5) is 0 Å². The van der Waals surface area contributed by atoms with Gasteiger partial charge in [0.05, 0.1) is 13.2 Å². The normalized spacial score (nSPS) is 14.1. The predicted octanol–water partition coefficient (Wildman–Crippen LogP) is 3.11. The third kappa shape index (κ3) is 4.27. The number of likely N-dealkylation sites (N-methyl/N-ethyl adjacent to an activating group) is 1. The summed E-state index contributed by atoms with van der Waals surface area (Å²) in [6, 6.07) is 8.81. The van der Waals surface area contributed by atoms with Crippen molar-refractivity contribution >= 4 is 11.3 Å². The molecule has 4 nitrogen and oxygen atoms in total. The van der Waals surface area contributed by atoms with Gasteiger partial charge in [-0.1, -0.05) is 12.1 Å². The van der Waals surface area contributed by atoms with Crippen molar-refractivity contribution in [2.75, 3.05) is 27.7 Å². The van der Waals surface area contributed by atoms with E-state index in [4.69, 9.17) is 4.74 Å². The molecule has 2 rings (SSSR count). The van der Waals surface area contributed by atoms with Gasteiger partial charge in [0, 0.05) is 24.2 Å². The quantitative estimate of drug-likeness (QED) is 0.853. The van der Waals surface area contributed by atoms with Crippen LogP contribution in [0.1, 0.15) is 29.6 Å². The fourth-order valence-corrected chi connectivity index (χ4v) is 2.94. The van der Waals surface area contributed by atoms with E-state index in [1.807, 2.05) is 23.7 Å². The molecule has 0 aliphatic rings. The zero-order valence-corrected chi connectivity index (χ0v) is 13.9. The Hall–Kier alpha value is -1.43. The van der Waals surface area contributed by atoms with Crippen LogP contribution in [0.3, 0.4) is 0 Å². The Bertz CT molecular complexity index is 542. The maximum absolute atomic E-state index is 5.32. The van der Waals surface area contributed by atoms with Crippen LogP contribution >= 0.6 is 11.3 Å². The molecule has 5 heteroatoms. The molecule has 0 aliphatic carbocycles. The second kappa shape index (κ2) is 7.54. The van der Waals surface area contributed by atoms with E-state index in [1.54, 1.807) is 18.4 Å². The number of hydrogen-bond donors (Lipinski definition) is 1. The van der Waals surface area contributed by atoms with E-state index in [2.05, 4.69) is 48.4 Å². The van der Waals surface area contributed by atoms with E-state index in [9.17, 15) is 0 Å². The lowest BCUT2D eigenvalue weighted by atomic mass is 10.1. The fourth-order valence-electron chi connectivity index (χ4n) is 2.27. The van der Waals surface area contributed by atoms with Gasteiger partial charge < -0.3 is 15.0 Å². The van der Waals surface area contributed by atoms with E-state index in [0.717, 1.165) is 17.3 Å². The highest BCUT2D eigenvalue weighted by atomic mass is 32.1. The predicted molar refractivity (Wildman–Crippen MR) is 88.0 cm³/mol. The number of hydrogen-bond acceptors (Lipinski definition) is 5. The lowest BCUT2D eigenvalue weighted by molar-refractivity contribution is 0.281. The largest absolute Gasteiger partial charge is 0.497 e. The third-order valence-electron chi connectivity index (χ3n) is 3.54. The van der Waals surface area contributed by atoms with Gasteiger partial charge in [0.25, 0.3) is 0 Å². The van der Waals surface area contributed by atoms with E-state index in [0.29, 0.717) is 6.04 Å². The fraction of sp³-hybridized carbons (Fsp3) is 0.438. The van der Waals surface area contributed by atoms with Crippen LogP contribution in [0.25, 0.3) is 0 Å². The minimum Gasteiger partial charge on any atom is -0.497 e. The summed E-state index contributed by atoms with van der Waals surface area (Å²) in [7, 11) is 5.90. The second-order valence-electron chi connectivity index (χ2n) is 5.26. The monoisotopic (exact) mass is 305 g/mol. The molecule has 1 aromatic carbocycles. The standard InChI is InChI=1S/C16H23N3OS/c1-12(16-17-8-9-21-16)18-11-15(19(2)3)13-6-5-7-14(10-13)20-4/h5-10,12,15,18H,11H2,1-4H3. The summed E-state index contributed by atoms with van der Waals surface area (Å²) in [6.07, 6.45) is 1.85. The topological polar surface area (TPSA) is 37.4 Å². The molecule has 114 valence electrons. The highest BCUT2D eigenvalue weighted by Crippen LogP contribution is 2.23. The highest BCUT2D eigenvalue weighted by Gasteiger charge is 2.17. The zero-order valence-electron chi connectivity index (χ0n) is 13.0. The SMILES string of the molecule is COc1cccc(C(CNC(C)c2nccs2)N(C)C)c1. The minimum absolute atomic E-state index is 0.262. The van der Waals surface area contributed by atoms with Gasteiger partial charge in [-0.2, -0.15) is 0 Å². The molecule has 0 spiro atoms. The van der Waals surface area contributed by atoms with Crippen molar-refractivity contribution in [3.05, 3.63) is 46.4 Å². The molecule has 0 aliphatic heterocycles. The van der Waals surface area contributed by atoms with Gasteiger partial charge in [0.1, 0.15) is 10.8 Å². The Morgan fingerprint density at radius 1 is 1.38 bits per heavy atom. The van der Waals surface area contributed by atoms with Crippen LogP contribution in [0, 0.1) is 0 Å². The Balaban J connectivity index is 2.05. The lowest BCUT2D eigenvalue weighted by Crippen LogP contribution is -2.32. The maximum atomic E-state index is 5.32. The van der Waals surface area contributed by atoms with Crippen LogP contribution in [0.5, 0.6) is 5.75 Å². The number of nitrogens with zero attached hydrogens (tertiary/aromatic N) is 2. The molecule has 0 bridgehead atoms. The zero-order chi connectivity index (χ0) is 15.2. The van der Waals surface area contributed by atoms with Gasteiger partial charge in [-0.3, -0.25) is 0 Å². The second-order valence-corrected chi connectivity index (χ2v) is 6.18. The minimum atomic E-state index is 0.262. The summed E-state index contributed by atoms with van der Waals surface area (Å²) in [5.41, 5.74) is 1.25. The summed E-state index contributed by atoms with van der Waals surface area (Å²) in [5, 5.41) is 6.70. The highest BCUT2D eigenvalue weighted by molar-refractivity contribution is 7.09. The van der Waals surface area contributed by atoms with Gasteiger partial charge >= 0.3 is 0 Å². The summed E-state index contributed by atoms with van der Waals surface area (Å²) >= 11 is 1.69. The van der Waals surface area contributed by atoms with E-state index in [1.165, 1.54) is 5.56 Å². The maximum Gasteiger partial charge on any atom is 0.119 e. The first-order chi connectivity index (χ1) is 10.1. The molecule has 0 saturated heterocycles. The van der Waals surface area contributed by atoms with Crippen LogP contribution in [0.15, 0.2) is 35.8 Å². The Morgan fingerprint density at radius 3 is 2.81 bits per heavy atom. The van der Waals surface area contributed by atoms with Gasteiger partial charge in [-0.05, 0) is 38.7 Å². The number of thiazole rings is 1. The molecule has 21 heavy (non-hydrogen) atoms. The van der Waals surface area contributed by atoms with Crippen molar-refractivity contribution in [1.29, 1.82) is 0 Å². The average Bonchev–Trinajstić information content (AvgIpc) is 3.01. The molecule has 0 saturated carbocycles. The number of benzene rings is 1.